The highest BCUT2D eigenvalue weighted by Crippen LogP contribution is 2.42. The van der Waals surface area contributed by atoms with E-state index in [4.69, 9.17) is 5.10 Å². The van der Waals surface area contributed by atoms with Crippen molar-refractivity contribution in [2.45, 2.75) is 84.1 Å². The van der Waals surface area contributed by atoms with Crippen molar-refractivity contribution in [3.05, 3.63) is 94.1 Å². The first-order chi connectivity index (χ1) is 32.9. The third kappa shape index (κ3) is 7.87. The molecule has 5 amide bonds. The van der Waals surface area contributed by atoms with Crippen LogP contribution in [0, 0.1) is 18.8 Å². The van der Waals surface area contributed by atoms with Gasteiger partial charge in [0.1, 0.15) is 11.7 Å². The molecule has 0 spiro atoms. The highest BCUT2D eigenvalue weighted by Gasteiger charge is 2.46. The minimum Gasteiger partial charge on any atom is -0.369 e. The van der Waals surface area contributed by atoms with Crippen molar-refractivity contribution in [3.63, 3.8) is 0 Å². The fraction of sp³-hybridized carbons (Fsp3) is 0.451. The number of carbonyl (C=O) groups is 5. The number of hydrogen-bond donors (Lipinski definition) is 1. The average molecular weight is 926 g/mol. The molecule has 68 heavy (non-hydrogen) atoms. The Hall–Kier alpha value is -6.62. The van der Waals surface area contributed by atoms with E-state index >= 15 is 8.78 Å². The molecule has 1 N–H and O–H groups in total. The number of piperazine rings is 1. The second-order valence-electron chi connectivity index (χ2n) is 19.5. The van der Waals surface area contributed by atoms with Gasteiger partial charge in [0.05, 0.1) is 29.7 Å². The van der Waals surface area contributed by atoms with Crippen LogP contribution in [0.4, 0.5) is 20.2 Å². The number of amidine groups is 1. The first kappa shape index (κ1) is 43.9. The van der Waals surface area contributed by atoms with Crippen molar-refractivity contribution in [2.75, 3.05) is 62.2 Å². The lowest BCUT2D eigenvalue weighted by atomic mass is 9.82. The number of aromatic nitrogens is 2. The highest BCUT2D eigenvalue weighted by molar-refractivity contribution is 6.23. The van der Waals surface area contributed by atoms with Gasteiger partial charge in [-0.3, -0.25) is 39.1 Å². The van der Waals surface area contributed by atoms with Gasteiger partial charge < -0.3 is 19.1 Å². The molecule has 4 aromatic rings. The van der Waals surface area contributed by atoms with Gasteiger partial charge in [0.2, 0.25) is 29.3 Å². The Balaban J connectivity index is 0.758. The second kappa shape index (κ2) is 17.5. The summed E-state index contributed by atoms with van der Waals surface area (Å²) in [5.41, 5.74) is 8.13. The Kier molecular flexibility index (Phi) is 11.3. The van der Waals surface area contributed by atoms with Crippen LogP contribution in [-0.2, 0) is 20.8 Å². The monoisotopic (exact) mass is 925 g/mol. The molecule has 2 aromatic heterocycles. The van der Waals surface area contributed by atoms with Gasteiger partial charge in [-0.2, -0.15) is 0 Å². The molecule has 2 saturated heterocycles. The molecule has 1 aliphatic carbocycles. The summed E-state index contributed by atoms with van der Waals surface area (Å²) in [6.45, 7) is 9.52. The average Bonchev–Trinajstić information content (AvgIpc) is 4.01. The molecule has 1 atom stereocenters. The fourth-order valence-corrected chi connectivity index (χ4v) is 11.6. The number of fused-ring (bicyclic) bond motifs is 3. The maximum absolute atomic E-state index is 15.1. The van der Waals surface area contributed by atoms with E-state index in [0.29, 0.717) is 54.7 Å². The number of piperidine rings is 1. The van der Waals surface area contributed by atoms with Gasteiger partial charge >= 0.3 is 0 Å². The van der Waals surface area contributed by atoms with Crippen LogP contribution in [0.25, 0.3) is 16.8 Å². The van der Waals surface area contributed by atoms with Crippen LogP contribution in [-0.4, -0.2) is 129 Å². The molecule has 17 heteroatoms. The molecule has 11 rings (SSSR count). The smallest absolute Gasteiger partial charge is 0.264 e. The number of carbonyl (C=O) groups excluding carboxylic acids is 5. The quantitative estimate of drug-likeness (QED) is 0.176. The van der Waals surface area contributed by atoms with Crippen molar-refractivity contribution in [2.24, 2.45) is 16.9 Å². The molecule has 0 bridgehead atoms. The summed E-state index contributed by atoms with van der Waals surface area (Å²) in [4.78, 5) is 77.8. The summed E-state index contributed by atoms with van der Waals surface area (Å²) < 4.78 is 34.2. The standard InChI is InChI=1S/C51H54F2N10O5/c1-30-26-60-17-14-54-45(60)25-37(30)38-22-34-4-3-15-61(44(34)24-39(38)47(52)53)48-41-29-59(31(2)64)16-13-42(41)62(56-48)28-33-7-5-32(6-8-33)27-57-18-20-58(21-19-57)35-9-10-36-40(23-35)51(68)63(50(36)67)43-11-12-46(65)55-49(43)66/h9-10,14,17,22-26,28,32-33,43,47H,3-8,11-13,15-16,18-21,27,29H2,1-2H3/p+1/b62-28+. The van der Waals surface area contributed by atoms with E-state index in [1.165, 1.54) is 0 Å². The number of pyridine rings is 1. The summed E-state index contributed by atoms with van der Waals surface area (Å²) >= 11 is 0. The first-order valence-electron chi connectivity index (χ1n) is 24.1. The normalized spacial score (nSPS) is 24.0. The Morgan fingerprint density at radius 1 is 0.882 bits per heavy atom. The van der Waals surface area contributed by atoms with Crippen LogP contribution in [0.3, 0.4) is 0 Å². The van der Waals surface area contributed by atoms with E-state index in [-0.39, 0.29) is 29.9 Å². The molecule has 2 aromatic carbocycles. The van der Waals surface area contributed by atoms with Crippen molar-refractivity contribution in [1.82, 2.24) is 29.4 Å². The summed E-state index contributed by atoms with van der Waals surface area (Å²) in [6, 6.07) is 9.84. The number of nitrogens with zero attached hydrogens (tertiary/aromatic N) is 9. The predicted molar refractivity (Wildman–Crippen MR) is 251 cm³/mol. The van der Waals surface area contributed by atoms with E-state index in [1.54, 1.807) is 31.3 Å². The van der Waals surface area contributed by atoms with E-state index in [0.717, 1.165) is 121 Å². The van der Waals surface area contributed by atoms with Crippen molar-refractivity contribution >= 4 is 58.6 Å². The minimum atomic E-state index is -2.69. The van der Waals surface area contributed by atoms with E-state index < -0.39 is 36.1 Å². The molecule has 15 nitrogen and oxygen atoms in total. The summed E-state index contributed by atoms with van der Waals surface area (Å²) in [5.74, 6) is -0.384. The van der Waals surface area contributed by atoms with Crippen LogP contribution in [0.2, 0.25) is 0 Å². The number of nitrogens with one attached hydrogen (secondary N) is 1. The number of hydrazone groups is 1. The van der Waals surface area contributed by atoms with Gasteiger partial charge in [0, 0.05) is 106 Å². The molecule has 352 valence electrons. The fourth-order valence-electron chi connectivity index (χ4n) is 11.6. The van der Waals surface area contributed by atoms with Gasteiger partial charge in [0.25, 0.3) is 18.2 Å². The van der Waals surface area contributed by atoms with Crippen molar-refractivity contribution in [1.29, 1.82) is 0 Å². The summed E-state index contributed by atoms with van der Waals surface area (Å²) in [7, 11) is 0. The molecule has 3 fully saturated rings. The van der Waals surface area contributed by atoms with Crippen LogP contribution in [0.5, 0.6) is 0 Å². The summed E-state index contributed by atoms with van der Waals surface area (Å²) in [5, 5.41) is 7.53. The largest absolute Gasteiger partial charge is 0.369 e. The molecular formula is C51H55F2N10O5+. The molecule has 7 aliphatic rings. The second-order valence-corrected chi connectivity index (χ2v) is 19.5. The van der Waals surface area contributed by atoms with E-state index in [9.17, 15) is 24.0 Å². The van der Waals surface area contributed by atoms with Gasteiger partial charge in [-0.25, -0.2) is 13.8 Å². The zero-order chi connectivity index (χ0) is 47.0. The number of anilines is 2. The summed E-state index contributed by atoms with van der Waals surface area (Å²) in [6.07, 6.45) is 11.8. The highest BCUT2D eigenvalue weighted by atomic mass is 19.3. The Morgan fingerprint density at radius 2 is 1.68 bits per heavy atom. The number of imidazole rings is 1. The molecule has 1 saturated carbocycles. The molecule has 0 radical (unpaired) electrons. The lowest BCUT2D eigenvalue weighted by molar-refractivity contribution is -0.479. The number of amides is 5. The number of alkyl halides is 2. The maximum Gasteiger partial charge on any atom is 0.264 e. The van der Waals surface area contributed by atoms with Crippen LogP contribution in [0.15, 0.2) is 71.4 Å². The van der Waals surface area contributed by atoms with Crippen molar-refractivity contribution in [3.8, 4) is 11.1 Å². The lowest BCUT2D eigenvalue weighted by Crippen LogP contribution is -2.54. The predicted octanol–water partition coefficient (Wildman–Crippen LogP) is 5.95. The van der Waals surface area contributed by atoms with Gasteiger partial charge in [-0.05, 0) is 116 Å². The van der Waals surface area contributed by atoms with Crippen LogP contribution < -0.4 is 15.1 Å². The topological polar surface area (TPSA) is 146 Å². The number of rotatable bonds is 7. The molecule has 6 aliphatic heterocycles. The van der Waals surface area contributed by atoms with Gasteiger partial charge in [-0.15, -0.1) is 0 Å². The Labute approximate surface area is 392 Å². The Morgan fingerprint density at radius 3 is 2.44 bits per heavy atom. The Bertz CT molecular complexity index is 2890. The van der Waals surface area contributed by atoms with E-state index in [2.05, 4.69) is 35.9 Å². The number of aryl methyl sites for hydroxylation is 2. The third-order valence-electron chi connectivity index (χ3n) is 15.3. The third-order valence-corrected chi connectivity index (χ3v) is 15.3. The molecule has 8 heterocycles. The number of hydrogen-bond acceptors (Lipinski definition) is 10. The number of halogens is 2. The van der Waals surface area contributed by atoms with Gasteiger partial charge in [0.15, 0.2) is 6.21 Å². The molecular weight excluding hydrogens is 871 g/mol. The zero-order valence-corrected chi connectivity index (χ0v) is 38.4. The van der Waals surface area contributed by atoms with Crippen molar-refractivity contribution < 1.29 is 37.4 Å². The van der Waals surface area contributed by atoms with Gasteiger partial charge in [-0.1, -0.05) is 4.68 Å². The maximum atomic E-state index is 15.1. The first-order valence-corrected chi connectivity index (χ1v) is 24.1. The number of benzene rings is 2. The zero-order valence-electron chi connectivity index (χ0n) is 38.4. The van der Waals surface area contributed by atoms with Crippen LogP contribution in [0.1, 0.15) is 102 Å². The lowest BCUT2D eigenvalue weighted by Gasteiger charge is -2.38. The molecule has 1 unspecified atom stereocenters. The van der Waals surface area contributed by atoms with E-state index in [1.807, 2.05) is 46.8 Å². The van der Waals surface area contributed by atoms with Crippen LogP contribution >= 0.6 is 0 Å². The number of imide groups is 2. The minimum absolute atomic E-state index is 0.00375. The SMILES string of the molecule is CC(=O)N1CCC2=C(C1)C(N1CCCc3cc(-c4cc5nccn5cc4C)c(C(F)F)cc31)=N/[N+]2=C/C1CCC(CN2CCN(c3ccc4c(c3)C(=O)N(C3CCC(=O)NC3=O)C4=O)CC2)CC1.